The zero-order chi connectivity index (χ0) is 10.2. The highest BCUT2D eigenvalue weighted by molar-refractivity contribution is 4.78. The van der Waals surface area contributed by atoms with E-state index in [4.69, 9.17) is 4.74 Å². The summed E-state index contributed by atoms with van der Waals surface area (Å²) in [4.78, 5) is 0. The van der Waals surface area contributed by atoms with Crippen LogP contribution in [-0.4, -0.2) is 26.3 Å². The molecule has 2 heteroatoms. The minimum Gasteiger partial charge on any atom is -0.381 e. The molecular formula is C12H23NO. The highest BCUT2D eigenvalue weighted by atomic mass is 16.5. The molecule has 1 rings (SSSR count). The van der Waals surface area contributed by atoms with Gasteiger partial charge in [-0.05, 0) is 45.1 Å². The fraction of sp³-hybridized carbons (Fsp3) is 0.833. The van der Waals surface area contributed by atoms with E-state index in [1.54, 1.807) is 0 Å². The SMILES string of the molecule is C=CCCCC(NC)C1CCOCC1. The molecule has 0 bridgehead atoms. The molecule has 1 heterocycles. The van der Waals surface area contributed by atoms with Crippen LogP contribution in [0, 0.1) is 5.92 Å². The van der Waals surface area contributed by atoms with Gasteiger partial charge in [-0.15, -0.1) is 6.58 Å². The van der Waals surface area contributed by atoms with Crippen LogP contribution in [0.15, 0.2) is 12.7 Å². The van der Waals surface area contributed by atoms with Gasteiger partial charge in [-0.2, -0.15) is 0 Å². The maximum Gasteiger partial charge on any atom is 0.0469 e. The number of hydrogen-bond donors (Lipinski definition) is 1. The van der Waals surface area contributed by atoms with Crippen LogP contribution in [0.3, 0.4) is 0 Å². The molecule has 1 N–H and O–H groups in total. The summed E-state index contributed by atoms with van der Waals surface area (Å²) in [6, 6.07) is 0.679. The Kier molecular flexibility index (Phi) is 5.88. The second kappa shape index (κ2) is 7.02. The van der Waals surface area contributed by atoms with E-state index in [-0.39, 0.29) is 0 Å². The smallest absolute Gasteiger partial charge is 0.0469 e. The first-order valence-corrected chi connectivity index (χ1v) is 5.74. The van der Waals surface area contributed by atoms with Crippen molar-refractivity contribution in [2.45, 2.75) is 38.1 Å². The third-order valence-corrected chi connectivity index (χ3v) is 3.13. The minimum atomic E-state index is 0.679. The molecule has 14 heavy (non-hydrogen) atoms. The number of ether oxygens (including phenoxy) is 1. The molecule has 1 aliphatic rings. The minimum absolute atomic E-state index is 0.679. The monoisotopic (exact) mass is 197 g/mol. The Labute approximate surface area is 87.7 Å². The molecule has 1 atom stereocenters. The standard InChI is InChI=1S/C12H23NO/c1-3-4-5-6-12(13-2)11-7-9-14-10-8-11/h3,11-13H,1,4-10H2,2H3. The molecule has 0 amide bonds. The second-order valence-electron chi connectivity index (χ2n) is 4.06. The first-order valence-electron chi connectivity index (χ1n) is 5.74. The van der Waals surface area contributed by atoms with Crippen LogP contribution < -0.4 is 5.32 Å². The summed E-state index contributed by atoms with van der Waals surface area (Å²) in [5, 5.41) is 3.44. The van der Waals surface area contributed by atoms with Gasteiger partial charge in [0.25, 0.3) is 0 Å². The van der Waals surface area contributed by atoms with Gasteiger partial charge in [-0.3, -0.25) is 0 Å². The molecule has 0 aromatic rings. The van der Waals surface area contributed by atoms with Crippen LogP contribution in [0.25, 0.3) is 0 Å². The van der Waals surface area contributed by atoms with Crippen molar-refractivity contribution in [2.75, 3.05) is 20.3 Å². The molecule has 2 nitrogen and oxygen atoms in total. The molecule has 82 valence electrons. The summed E-state index contributed by atoms with van der Waals surface area (Å²) < 4.78 is 5.38. The lowest BCUT2D eigenvalue weighted by molar-refractivity contribution is 0.0534. The van der Waals surface area contributed by atoms with Gasteiger partial charge in [0.05, 0.1) is 0 Å². The van der Waals surface area contributed by atoms with Gasteiger partial charge >= 0.3 is 0 Å². The Morgan fingerprint density at radius 3 is 2.79 bits per heavy atom. The molecule has 1 aliphatic heterocycles. The molecule has 0 radical (unpaired) electrons. The van der Waals surface area contributed by atoms with Gasteiger partial charge in [-0.1, -0.05) is 6.08 Å². The summed E-state index contributed by atoms with van der Waals surface area (Å²) in [6.45, 7) is 5.65. The number of rotatable bonds is 6. The topological polar surface area (TPSA) is 21.3 Å². The normalized spacial score (nSPS) is 20.6. The zero-order valence-corrected chi connectivity index (χ0v) is 9.30. The Hall–Kier alpha value is -0.340. The summed E-state index contributed by atoms with van der Waals surface area (Å²) >= 11 is 0. The average Bonchev–Trinajstić information content (AvgIpc) is 2.26. The molecule has 1 saturated heterocycles. The Bertz CT molecular complexity index is 152. The second-order valence-corrected chi connectivity index (χ2v) is 4.06. The van der Waals surface area contributed by atoms with Crippen molar-refractivity contribution in [1.82, 2.24) is 5.32 Å². The van der Waals surface area contributed by atoms with Gasteiger partial charge in [-0.25, -0.2) is 0 Å². The van der Waals surface area contributed by atoms with E-state index < -0.39 is 0 Å². The molecule has 0 aromatic heterocycles. The largest absolute Gasteiger partial charge is 0.381 e. The molecule has 0 aliphatic carbocycles. The highest BCUT2D eigenvalue weighted by Gasteiger charge is 2.21. The van der Waals surface area contributed by atoms with Crippen LogP contribution >= 0.6 is 0 Å². The maximum atomic E-state index is 5.38. The lowest BCUT2D eigenvalue weighted by Crippen LogP contribution is -2.36. The lowest BCUT2D eigenvalue weighted by Gasteiger charge is -2.30. The summed E-state index contributed by atoms with van der Waals surface area (Å²) in [5.74, 6) is 0.818. The van der Waals surface area contributed by atoms with Gasteiger partial charge in [0.1, 0.15) is 0 Å². The Balaban J connectivity index is 2.24. The molecule has 1 unspecified atom stereocenters. The van der Waals surface area contributed by atoms with E-state index in [9.17, 15) is 0 Å². The molecule has 0 aromatic carbocycles. The third-order valence-electron chi connectivity index (χ3n) is 3.13. The van der Waals surface area contributed by atoms with Crippen LogP contribution in [-0.2, 0) is 4.74 Å². The van der Waals surface area contributed by atoms with Crippen LogP contribution in [0.4, 0.5) is 0 Å². The first kappa shape index (κ1) is 11.7. The van der Waals surface area contributed by atoms with E-state index in [0.29, 0.717) is 6.04 Å². The Morgan fingerprint density at radius 2 is 2.21 bits per heavy atom. The van der Waals surface area contributed by atoms with Crippen molar-refractivity contribution in [3.63, 3.8) is 0 Å². The highest BCUT2D eigenvalue weighted by Crippen LogP contribution is 2.21. The van der Waals surface area contributed by atoms with Crippen molar-refractivity contribution >= 4 is 0 Å². The summed E-state index contributed by atoms with van der Waals surface area (Å²) in [6.07, 6.45) is 8.12. The van der Waals surface area contributed by atoms with Gasteiger partial charge in [0.15, 0.2) is 0 Å². The number of unbranched alkanes of at least 4 members (excludes halogenated alkanes) is 1. The van der Waals surface area contributed by atoms with E-state index in [1.165, 1.54) is 25.7 Å². The summed E-state index contributed by atoms with van der Waals surface area (Å²) in [5.41, 5.74) is 0. The maximum absolute atomic E-state index is 5.38. The molecular weight excluding hydrogens is 174 g/mol. The molecule has 0 spiro atoms. The Morgan fingerprint density at radius 1 is 1.50 bits per heavy atom. The average molecular weight is 197 g/mol. The van der Waals surface area contributed by atoms with E-state index >= 15 is 0 Å². The predicted molar refractivity (Wildman–Crippen MR) is 60.4 cm³/mol. The fourth-order valence-electron chi connectivity index (χ4n) is 2.22. The van der Waals surface area contributed by atoms with Crippen molar-refractivity contribution < 1.29 is 4.74 Å². The lowest BCUT2D eigenvalue weighted by atomic mass is 9.88. The summed E-state index contributed by atoms with van der Waals surface area (Å²) in [7, 11) is 2.08. The van der Waals surface area contributed by atoms with Crippen molar-refractivity contribution in [1.29, 1.82) is 0 Å². The van der Waals surface area contributed by atoms with Gasteiger partial charge < -0.3 is 10.1 Å². The first-order chi connectivity index (χ1) is 6.88. The number of hydrogen-bond acceptors (Lipinski definition) is 2. The number of allylic oxidation sites excluding steroid dienone is 1. The van der Waals surface area contributed by atoms with Crippen LogP contribution in [0.1, 0.15) is 32.1 Å². The predicted octanol–water partition coefficient (Wildman–Crippen LogP) is 2.36. The zero-order valence-electron chi connectivity index (χ0n) is 9.30. The fourth-order valence-corrected chi connectivity index (χ4v) is 2.22. The van der Waals surface area contributed by atoms with Crippen LogP contribution in [0.5, 0.6) is 0 Å². The van der Waals surface area contributed by atoms with E-state index in [1.807, 2.05) is 6.08 Å². The third kappa shape index (κ3) is 3.81. The van der Waals surface area contributed by atoms with E-state index in [2.05, 4.69) is 18.9 Å². The van der Waals surface area contributed by atoms with Gasteiger partial charge in [0, 0.05) is 19.3 Å². The van der Waals surface area contributed by atoms with Crippen molar-refractivity contribution in [3.8, 4) is 0 Å². The molecule has 0 saturated carbocycles. The van der Waals surface area contributed by atoms with Gasteiger partial charge in [0.2, 0.25) is 0 Å². The van der Waals surface area contributed by atoms with Crippen molar-refractivity contribution in [2.24, 2.45) is 5.92 Å². The van der Waals surface area contributed by atoms with Crippen molar-refractivity contribution in [3.05, 3.63) is 12.7 Å². The van der Waals surface area contributed by atoms with Crippen LogP contribution in [0.2, 0.25) is 0 Å². The quantitative estimate of drug-likeness (QED) is 0.521. The molecule has 1 fully saturated rings. The van der Waals surface area contributed by atoms with E-state index in [0.717, 1.165) is 25.6 Å². The number of nitrogens with one attached hydrogen (secondary N) is 1.